The second kappa shape index (κ2) is 10.1. The molecule has 0 saturated carbocycles. The molecule has 0 spiro atoms. The first-order valence-electron chi connectivity index (χ1n) is 14.5. The van der Waals surface area contributed by atoms with Crippen molar-refractivity contribution in [3.8, 4) is 11.3 Å². The molecule has 1 aliphatic heterocycles. The molecule has 0 radical (unpaired) electrons. The van der Waals surface area contributed by atoms with Crippen LogP contribution in [-0.2, 0) is 16.4 Å². The minimum Gasteiger partial charge on any atom is -0.308 e. The zero-order valence-corrected chi connectivity index (χ0v) is 25.9. The van der Waals surface area contributed by atoms with Crippen LogP contribution in [-0.4, -0.2) is 34.6 Å². The highest BCUT2D eigenvalue weighted by atomic mass is 32.2. The molecule has 6 nitrogen and oxygen atoms in total. The van der Waals surface area contributed by atoms with E-state index in [4.69, 9.17) is 4.98 Å². The number of benzene rings is 2. The van der Waals surface area contributed by atoms with E-state index in [1.165, 1.54) is 9.54 Å². The molecule has 1 atom stereocenters. The Labute approximate surface area is 248 Å². The van der Waals surface area contributed by atoms with Gasteiger partial charge in [0.25, 0.3) is 5.91 Å². The van der Waals surface area contributed by atoms with Crippen molar-refractivity contribution in [3.63, 3.8) is 0 Å². The number of hydrogen-bond acceptors (Lipinski definition) is 4. The van der Waals surface area contributed by atoms with Gasteiger partial charge in [-0.3, -0.25) is 9.78 Å². The van der Waals surface area contributed by atoms with E-state index in [0.717, 1.165) is 44.7 Å². The topological polar surface area (TPSA) is 72.3 Å². The minimum absolute atomic E-state index is 0.0228. The van der Waals surface area contributed by atoms with E-state index in [2.05, 4.69) is 32.0 Å². The summed E-state index contributed by atoms with van der Waals surface area (Å²) in [5.74, 6) is 0.350. The number of fused-ring (bicyclic) bond motifs is 2. The van der Waals surface area contributed by atoms with Crippen molar-refractivity contribution in [1.29, 1.82) is 0 Å². The second-order valence-electron chi connectivity index (χ2n) is 12.3. The molecule has 1 unspecified atom stereocenters. The Morgan fingerprint density at radius 2 is 1.79 bits per heavy atom. The summed E-state index contributed by atoms with van der Waals surface area (Å²) in [6, 6.07) is 15.9. The minimum atomic E-state index is -3.73. The lowest BCUT2D eigenvalue weighted by molar-refractivity contribution is 0.0979. The van der Waals surface area contributed by atoms with E-state index >= 15 is 0 Å². The van der Waals surface area contributed by atoms with Gasteiger partial charge in [-0.15, -0.1) is 0 Å². The maximum absolute atomic E-state index is 13.9. The van der Waals surface area contributed by atoms with E-state index in [-0.39, 0.29) is 5.91 Å². The quantitative estimate of drug-likeness (QED) is 0.246. The Morgan fingerprint density at radius 3 is 2.52 bits per heavy atom. The van der Waals surface area contributed by atoms with Gasteiger partial charge in [-0.1, -0.05) is 61.9 Å². The summed E-state index contributed by atoms with van der Waals surface area (Å²) >= 11 is 0. The summed E-state index contributed by atoms with van der Waals surface area (Å²) in [6.45, 7) is 12.6. The van der Waals surface area contributed by atoms with E-state index < -0.39 is 14.8 Å². The van der Waals surface area contributed by atoms with Crippen molar-refractivity contribution in [1.82, 2.24) is 8.96 Å². The van der Waals surface area contributed by atoms with E-state index in [9.17, 15) is 13.2 Å². The zero-order valence-electron chi connectivity index (χ0n) is 25.1. The fraction of sp³-hybridized carbons (Fsp3) is 0.314. The van der Waals surface area contributed by atoms with Crippen LogP contribution >= 0.6 is 0 Å². The highest BCUT2D eigenvalue weighted by molar-refractivity contribution is 7.91. The van der Waals surface area contributed by atoms with Crippen LogP contribution < -0.4 is 4.90 Å². The third-order valence-corrected chi connectivity index (χ3v) is 11.1. The molecule has 0 bridgehead atoms. The van der Waals surface area contributed by atoms with Gasteiger partial charge in [0.15, 0.2) is 0 Å². The first kappa shape index (κ1) is 28.2. The first-order valence-corrected chi connectivity index (χ1v) is 16.0. The number of carbonyl (C=O) groups is 1. The summed E-state index contributed by atoms with van der Waals surface area (Å²) in [4.78, 5) is 20.7. The van der Waals surface area contributed by atoms with Gasteiger partial charge in [0.05, 0.1) is 22.5 Å². The van der Waals surface area contributed by atoms with Gasteiger partial charge in [0.1, 0.15) is 4.75 Å². The number of hydrogen-bond donors (Lipinski definition) is 0. The van der Waals surface area contributed by atoms with Crippen LogP contribution in [0.2, 0.25) is 0 Å². The number of nitrogens with zero attached hydrogens (tertiary/aromatic N) is 3. The van der Waals surface area contributed by atoms with Crippen molar-refractivity contribution < 1.29 is 13.2 Å². The normalized spacial score (nSPS) is 19.0. The Hall–Kier alpha value is -3.97. The number of allylic oxidation sites excluding steroid dienone is 3. The van der Waals surface area contributed by atoms with Gasteiger partial charge >= 0.3 is 0 Å². The average molecular weight is 580 g/mol. The van der Waals surface area contributed by atoms with Crippen LogP contribution in [0.3, 0.4) is 0 Å². The third-order valence-electron chi connectivity index (χ3n) is 8.79. The Morgan fingerprint density at radius 1 is 1.00 bits per heavy atom. The van der Waals surface area contributed by atoms with Crippen molar-refractivity contribution in [2.75, 3.05) is 11.4 Å². The van der Waals surface area contributed by atoms with Crippen LogP contribution in [0.1, 0.15) is 72.8 Å². The molecule has 216 valence electrons. The highest BCUT2D eigenvalue weighted by Crippen LogP contribution is 2.37. The van der Waals surface area contributed by atoms with Crippen LogP contribution in [0.5, 0.6) is 0 Å². The second-order valence-corrected chi connectivity index (χ2v) is 14.5. The predicted molar refractivity (Wildman–Crippen MR) is 171 cm³/mol. The molecule has 7 heteroatoms. The summed E-state index contributed by atoms with van der Waals surface area (Å²) in [7, 11) is -3.73. The lowest BCUT2D eigenvalue weighted by atomic mass is 9.95. The number of aromatic nitrogens is 2. The number of rotatable bonds is 5. The van der Waals surface area contributed by atoms with E-state index in [1.54, 1.807) is 19.2 Å². The lowest BCUT2D eigenvalue weighted by Gasteiger charge is -2.31. The molecule has 3 heterocycles. The number of carbonyl (C=O) groups excluding carboxylic acids is 1. The molecule has 0 N–H and O–H groups in total. The number of pyridine rings is 1. The summed E-state index contributed by atoms with van der Waals surface area (Å²) in [6.07, 6.45) is 8.31. The molecule has 42 heavy (non-hydrogen) atoms. The van der Waals surface area contributed by atoms with Crippen LogP contribution in [0.15, 0.2) is 78.5 Å². The van der Waals surface area contributed by atoms with E-state index in [1.807, 2.05) is 68.2 Å². The van der Waals surface area contributed by atoms with Crippen molar-refractivity contribution >= 4 is 32.5 Å². The number of anilines is 1. The van der Waals surface area contributed by atoms with E-state index in [0.29, 0.717) is 36.4 Å². The van der Waals surface area contributed by atoms with Gasteiger partial charge in [-0.2, -0.15) is 0 Å². The summed E-state index contributed by atoms with van der Waals surface area (Å²) in [5.41, 5.74) is 8.81. The Balaban J connectivity index is 1.39. The molecule has 1 aliphatic carbocycles. The maximum atomic E-state index is 13.9. The largest absolute Gasteiger partial charge is 0.308 e. The summed E-state index contributed by atoms with van der Waals surface area (Å²) < 4.78 is 28.2. The third kappa shape index (κ3) is 4.42. The van der Waals surface area contributed by atoms with Gasteiger partial charge < -0.3 is 4.90 Å². The fourth-order valence-electron chi connectivity index (χ4n) is 6.37. The molecular weight excluding hydrogens is 542 g/mol. The summed E-state index contributed by atoms with van der Waals surface area (Å²) in [5, 5.41) is 0.813. The molecule has 4 aromatic rings. The molecule has 2 aromatic heterocycles. The standard InChI is InChI=1S/C35H37N3O3S/c1-22(2)26-13-12-24(4)32(20-26)37-17-15-29-33(34(37)39)25(5)19-30(36-29)27-10-7-11-31-28(27)14-18-38(31)42(40,41)35(6)16-8-9-23(3)21-35/h7-14,16,18-20,22H,15,17,21H2,1-6H3. The van der Waals surface area contributed by atoms with Crippen molar-refractivity contribution in [2.45, 2.75) is 65.0 Å². The highest BCUT2D eigenvalue weighted by Gasteiger charge is 2.40. The fourth-order valence-corrected chi connectivity index (χ4v) is 8.12. The van der Waals surface area contributed by atoms with Crippen molar-refractivity contribution in [3.05, 3.63) is 106 Å². The molecule has 0 fully saturated rings. The average Bonchev–Trinajstić information content (AvgIpc) is 3.38. The number of aryl methyl sites for hydroxylation is 2. The van der Waals surface area contributed by atoms with Gasteiger partial charge in [0, 0.05) is 35.8 Å². The number of amides is 1. The van der Waals surface area contributed by atoms with Gasteiger partial charge in [-0.05, 0) is 81.0 Å². The van der Waals surface area contributed by atoms with Crippen molar-refractivity contribution in [2.24, 2.45) is 0 Å². The van der Waals surface area contributed by atoms with Crippen LogP contribution in [0, 0.1) is 13.8 Å². The Bertz CT molecular complexity index is 1930. The first-order chi connectivity index (χ1) is 19.9. The van der Waals surface area contributed by atoms with Gasteiger partial charge in [0.2, 0.25) is 10.0 Å². The monoisotopic (exact) mass is 579 g/mol. The predicted octanol–water partition coefficient (Wildman–Crippen LogP) is 7.49. The molecule has 1 amide bonds. The van der Waals surface area contributed by atoms with Crippen LogP contribution in [0.25, 0.3) is 22.2 Å². The molecule has 2 aromatic carbocycles. The van der Waals surface area contributed by atoms with Gasteiger partial charge in [-0.25, -0.2) is 12.4 Å². The molecular formula is C35H37N3O3S. The van der Waals surface area contributed by atoms with Crippen LogP contribution in [0.4, 0.5) is 5.69 Å². The molecule has 2 aliphatic rings. The SMILES string of the molecule is CC1=CC=CC(C)(S(=O)(=O)n2ccc3c(-c4cc(C)c5c(n4)CCN(c4cc(C(C)C)ccc4C)C5=O)cccc32)C1. The Kier molecular flexibility index (Phi) is 6.76. The molecule has 0 saturated heterocycles. The smallest absolute Gasteiger partial charge is 0.260 e. The lowest BCUT2D eigenvalue weighted by Crippen LogP contribution is -2.39. The zero-order chi connectivity index (χ0) is 30.0. The maximum Gasteiger partial charge on any atom is 0.260 e. The molecule has 6 rings (SSSR count).